The van der Waals surface area contributed by atoms with E-state index in [4.69, 9.17) is 17.7 Å². The molecule has 0 aliphatic rings. The van der Waals surface area contributed by atoms with Gasteiger partial charge in [-0.15, -0.1) is 4.57 Å². The highest BCUT2D eigenvalue weighted by molar-refractivity contribution is 7.86. The van der Waals surface area contributed by atoms with E-state index in [0.717, 1.165) is 5.56 Å². The van der Waals surface area contributed by atoms with Crippen molar-refractivity contribution in [3.63, 3.8) is 0 Å². The number of rotatable bonds is 2. The van der Waals surface area contributed by atoms with Crippen LogP contribution in [0.1, 0.15) is 5.56 Å². The maximum atomic E-state index is 11.6. The number of hydrogen-bond acceptors (Lipinski definition) is 5. The molecule has 0 amide bonds. The smallest absolute Gasteiger partial charge is 0.511 e. The average molecular weight is 366 g/mol. The van der Waals surface area contributed by atoms with Gasteiger partial charge in [-0.3, -0.25) is 0 Å². The number of halogens is 3. The third-order valence-corrected chi connectivity index (χ3v) is 3.04. The lowest BCUT2D eigenvalue weighted by atomic mass is 10.2. The summed E-state index contributed by atoms with van der Waals surface area (Å²) in [5.41, 5.74) is -4.67. The molecule has 11 heteroatoms. The molecule has 132 valence electrons. The van der Waals surface area contributed by atoms with Crippen LogP contribution in [0, 0.1) is 0 Å². The molecule has 24 heavy (non-hydrogen) atoms. The number of alkyl halides is 3. The Morgan fingerprint density at radius 3 is 2.25 bits per heavy atom. The van der Waals surface area contributed by atoms with Gasteiger partial charge in [0.2, 0.25) is 0 Å². The Labute approximate surface area is 135 Å². The van der Waals surface area contributed by atoms with E-state index < -0.39 is 15.6 Å². The number of carbonyl (C=O) groups excluding carboxylic acids is 1. The van der Waals surface area contributed by atoms with E-state index in [1.807, 2.05) is 37.4 Å². The predicted molar refractivity (Wildman–Crippen MR) is 73.4 cm³/mol. The van der Waals surface area contributed by atoms with Crippen LogP contribution in [0.4, 0.5) is 18.0 Å². The van der Waals surface area contributed by atoms with E-state index in [9.17, 15) is 18.0 Å². The molecular formula is C13H13F3N2O5S. The maximum Gasteiger partial charge on any atom is 0.511 e. The van der Waals surface area contributed by atoms with Gasteiger partial charge in [-0.25, -0.2) is 13.0 Å². The quantitative estimate of drug-likeness (QED) is 0.457. The molecule has 1 aromatic heterocycles. The third kappa shape index (κ3) is 6.38. The Kier molecular flexibility index (Phi) is 6.49. The normalized spacial score (nSPS) is 11.4. The number of benzene rings is 1. The molecule has 2 aromatic rings. The zero-order valence-electron chi connectivity index (χ0n) is 12.3. The van der Waals surface area contributed by atoms with Gasteiger partial charge in [0.25, 0.3) is 6.33 Å². The second kappa shape index (κ2) is 7.93. The van der Waals surface area contributed by atoms with Crippen molar-refractivity contribution in [2.24, 2.45) is 7.05 Å². The van der Waals surface area contributed by atoms with Crippen molar-refractivity contribution >= 4 is 16.2 Å². The minimum absolute atomic E-state index is 0.293. The second-order valence-corrected chi connectivity index (χ2v) is 5.80. The number of carbonyl (C=O) groups is 1. The highest BCUT2D eigenvalue weighted by atomic mass is 32.2. The van der Waals surface area contributed by atoms with Crippen LogP contribution in [0.15, 0.2) is 49.1 Å². The van der Waals surface area contributed by atoms with Crippen molar-refractivity contribution in [3.05, 3.63) is 54.6 Å². The number of aromatic nitrogens is 2. The molecule has 0 aliphatic carbocycles. The van der Waals surface area contributed by atoms with Gasteiger partial charge in [0, 0.05) is 0 Å². The molecule has 0 fully saturated rings. The molecule has 0 atom stereocenters. The second-order valence-electron chi connectivity index (χ2n) is 4.43. The van der Waals surface area contributed by atoms with E-state index in [-0.39, 0.29) is 6.09 Å². The van der Waals surface area contributed by atoms with Crippen LogP contribution in [0.25, 0.3) is 0 Å². The van der Waals surface area contributed by atoms with Crippen molar-refractivity contribution in [2.45, 2.75) is 12.1 Å². The van der Waals surface area contributed by atoms with Crippen LogP contribution < -0.4 is 4.57 Å². The highest BCUT2D eigenvalue weighted by Crippen LogP contribution is 2.20. The fourth-order valence-corrected chi connectivity index (χ4v) is 1.35. The van der Waals surface area contributed by atoms with Crippen LogP contribution in [-0.2, 0) is 28.5 Å². The summed E-state index contributed by atoms with van der Waals surface area (Å²) in [7, 11) is -4.24. The molecule has 0 unspecified atom stereocenters. The topological polar surface area (TPSA) is 92.3 Å². The minimum Gasteiger partial charge on any atom is -0.741 e. The summed E-state index contributed by atoms with van der Waals surface area (Å²) in [5, 5.41) is 0. The third-order valence-electron chi connectivity index (χ3n) is 2.47. The van der Waals surface area contributed by atoms with Crippen molar-refractivity contribution < 1.29 is 40.2 Å². The van der Waals surface area contributed by atoms with E-state index >= 15 is 0 Å². The fraction of sp³-hybridized carbons (Fsp3) is 0.231. The van der Waals surface area contributed by atoms with Crippen molar-refractivity contribution in [3.8, 4) is 0 Å². The molecular weight excluding hydrogens is 353 g/mol. The van der Waals surface area contributed by atoms with E-state index in [2.05, 4.69) is 0 Å². The van der Waals surface area contributed by atoms with Gasteiger partial charge in [0.05, 0.1) is 7.05 Å². The van der Waals surface area contributed by atoms with Crippen molar-refractivity contribution in [2.75, 3.05) is 0 Å². The predicted octanol–water partition coefficient (Wildman–Crippen LogP) is 1.55. The van der Waals surface area contributed by atoms with Gasteiger partial charge >= 0.3 is 11.6 Å². The minimum atomic E-state index is -6.09. The number of aryl methyl sites for hydroxylation is 1. The SMILES string of the molecule is C[n+]1ccn(C(=O)OCc2ccccc2)c1.O=S(=O)([O-])C(F)(F)F. The fourth-order valence-electron chi connectivity index (χ4n) is 1.35. The Morgan fingerprint density at radius 1 is 1.29 bits per heavy atom. The van der Waals surface area contributed by atoms with Crippen LogP contribution in [0.2, 0.25) is 0 Å². The largest absolute Gasteiger partial charge is 0.741 e. The van der Waals surface area contributed by atoms with Gasteiger partial charge in [-0.2, -0.15) is 18.0 Å². The standard InChI is InChI=1S/C12H13N2O2.CHF3O3S/c1-13-7-8-14(10-13)12(15)16-9-11-5-3-2-4-6-11;2-1(3,4)8(5,6)7/h2-8,10H,9H2,1H3;(H,5,6,7)/q+1;/p-1. The first-order chi connectivity index (χ1) is 11.0. The van der Waals surface area contributed by atoms with Crippen molar-refractivity contribution in [1.82, 2.24) is 4.57 Å². The summed E-state index contributed by atoms with van der Waals surface area (Å²) in [6, 6.07) is 9.60. The highest BCUT2D eigenvalue weighted by Gasteiger charge is 2.36. The van der Waals surface area contributed by atoms with Gasteiger partial charge < -0.3 is 9.29 Å². The summed E-state index contributed by atoms with van der Waals surface area (Å²) in [5.74, 6) is 0. The molecule has 1 aromatic carbocycles. The molecule has 0 N–H and O–H groups in total. The van der Waals surface area contributed by atoms with Crippen molar-refractivity contribution in [1.29, 1.82) is 0 Å². The summed E-state index contributed by atoms with van der Waals surface area (Å²) in [6.45, 7) is 0.293. The lowest BCUT2D eigenvalue weighted by Crippen LogP contribution is -2.25. The van der Waals surface area contributed by atoms with Crippen LogP contribution in [0.3, 0.4) is 0 Å². The van der Waals surface area contributed by atoms with E-state index in [1.54, 1.807) is 23.3 Å². The number of imidazole rings is 1. The van der Waals surface area contributed by atoms with E-state index in [0.29, 0.717) is 6.61 Å². The summed E-state index contributed by atoms with van der Waals surface area (Å²) in [6.07, 6.45) is 4.73. The van der Waals surface area contributed by atoms with Gasteiger partial charge in [-0.05, 0) is 5.56 Å². The average Bonchev–Trinajstić information content (AvgIpc) is 2.91. The number of hydrogen-bond donors (Lipinski definition) is 0. The summed E-state index contributed by atoms with van der Waals surface area (Å²) >= 11 is 0. The lowest BCUT2D eigenvalue weighted by Gasteiger charge is -2.08. The molecule has 2 rings (SSSR count). The lowest BCUT2D eigenvalue weighted by molar-refractivity contribution is -0.670. The van der Waals surface area contributed by atoms with E-state index in [1.165, 1.54) is 4.57 Å². The van der Waals surface area contributed by atoms with Gasteiger partial charge in [0.1, 0.15) is 19.0 Å². The first-order valence-corrected chi connectivity index (χ1v) is 7.68. The number of nitrogens with zero attached hydrogens (tertiary/aromatic N) is 2. The Balaban J connectivity index is 0.000000307. The molecule has 0 radical (unpaired) electrons. The monoisotopic (exact) mass is 366 g/mol. The zero-order valence-corrected chi connectivity index (χ0v) is 13.1. The number of ether oxygens (including phenoxy) is 1. The van der Waals surface area contributed by atoms with Gasteiger partial charge in [0.15, 0.2) is 10.1 Å². The molecule has 0 saturated heterocycles. The maximum absolute atomic E-state index is 11.6. The zero-order chi connectivity index (χ0) is 18.4. The van der Waals surface area contributed by atoms with Crippen LogP contribution in [0.5, 0.6) is 0 Å². The summed E-state index contributed by atoms with van der Waals surface area (Å²) in [4.78, 5) is 11.6. The molecule has 7 nitrogen and oxygen atoms in total. The first kappa shape index (κ1) is 19.6. The van der Waals surface area contributed by atoms with Gasteiger partial charge in [-0.1, -0.05) is 30.3 Å². The molecule has 1 heterocycles. The van der Waals surface area contributed by atoms with Crippen LogP contribution in [-0.4, -0.2) is 29.1 Å². The molecule has 0 saturated carbocycles. The van der Waals surface area contributed by atoms with Crippen LogP contribution >= 0.6 is 0 Å². The molecule has 0 aliphatic heterocycles. The Hall–Kier alpha value is -2.40. The Morgan fingerprint density at radius 2 is 1.83 bits per heavy atom. The molecule has 0 spiro atoms. The summed E-state index contributed by atoms with van der Waals surface area (Å²) < 4.78 is 67.2. The Bertz CT molecular complexity index is 772. The first-order valence-electron chi connectivity index (χ1n) is 6.27. The molecule has 0 bridgehead atoms.